The minimum Gasteiger partial charge on any atom is -0.387 e. The van der Waals surface area contributed by atoms with Gasteiger partial charge in [0.1, 0.15) is 5.82 Å². The minimum absolute atomic E-state index is 0.0558. The van der Waals surface area contributed by atoms with Gasteiger partial charge in [-0.25, -0.2) is 4.39 Å². The van der Waals surface area contributed by atoms with Crippen molar-refractivity contribution in [1.82, 2.24) is 9.80 Å². The number of likely N-dealkylation sites (N-methyl/N-ethyl adjacent to an activating group) is 1. The molecule has 32 heavy (non-hydrogen) atoms. The molecule has 0 bridgehead atoms. The summed E-state index contributed by atoms with van der Waals surface area (Å²) in [7, 11) is 1.93. The van der Waals surface area contributed by atoms with Gasteiger partial charge in [-0.05, 0) is 61.7 Å². The molecule has 2 saturated heterocycles. The van der Waals surface area contributed by atoms with Crippen LogP contribution in [-0.2, 0) is 21.5 Å². The maximum absolute atomic E-state index is 13.8. The highest BCUT2D eigenvalue weighted by Crippen LogP contribution is 2.39. The van der Waals surface area contributed by atoms with Crippen LogP contribution in [0.3, 0.4) is 0 Å². The van der Waals surface area contributed by atoms with Crippen LogP contribution in [0.2, 0.25) is 5.02 Å². The van der Waals surface area contributed by atoms with E-state index >= 15 is 0 Å². The number of β-amino-alcohol motifs (C(OH)–C–C–N with tert-alkyl or cyclic N) is 1. The molecule has 2 aliphatic rings. The summed E-state index contributed by atoms with van der Waals surface area (Å²) in [6.07, 6.45) is 1.76. The molecule has 2 aromatic rings. The Morgan fingerprint density at radius 3 is 2.44 bits per heavy atom. The van der Waals surface area contributed by atoms with Crippen molar-refractivity contribution in [3.05, 3.63) is 70.5 Å². The lowest BCUT2D eigenvalue weighted by atomic mass is 9.73. The topological polar surface area (TPSA) is 53.0 Å². The SMILES string of the molecule is CN(Cc1ccc(F)cc1)CC1(O)CCN(C(=O)C2(c3ccc(Cl)cc3)CCOCC2)C1. The van der Waals surface area contributed by atoms with E-state index in [1.54, 1.807) is 12.1 Å². The van der Waals surface area contributed by atoms with Crippen LogP contribution in [0.4, 0.5) is 4.39 Å². The molecule has 2 aliphatic heterocycles. The number of amides is 1. The first-order valence-electron chi connectivity index (χ1n) is 11.1. The molecule has 0 aliphatic carbocycles. The van der Waals surface area contributed by atoms with Gasteiger partial charge in [-0.15, -0.1) is 0 Å². The van der Waals surface area contributed by atoms with Crippen molar-refractivity contribution in [3.63, 3.8) is 0 Å². The molecule has 5 nitrogen and oxygen atoms in total. The fourth-order valence-corrected chi connectivity index (χ4v) is 5.16. The summed E-state index contributed by atoms with van der Waals surface area (Å²) in [5.41, 5.74) is 0.316. The van der Waals surface area contributed by atoms with E-state index in [9.17, 15) is 14.3 Å². The second-order valence-corrected chi connectivity index (χ2v) is 9.64. The van der Waals surface area contributed by atoms with Crippen LogP contribution in [0, 0.1) is 5.82 Å². The zero-order valence-corrected chi connectivity index (χ0v) is 19.2. The highest BCUT2D eigenvalue weighted by atomic mass is 35.5. The summed E-state index contributed by atoms with van der Waals surface area (Å²) in [5, 5.41) is 11.9. The normalized spacial score (nSPS) is 23.0. The fraction of sp³-hybridized carbons (Fsp3) is 0.480. The Labute approximate surface area is 193 Å². The number of rotatable bonds is 6. The van der Waals surface area contributed by atoms with Crippen molar-refractivity contribution in [1.29, 1.82) is 0 Å². The number of carbonyl (C=O) groups excluding carboxylic acids is 1. The van der Waals surface area contributed by atoms with Gasteiger partial charge in [0.25, 0.3) is 0 Å². The van der Waals surface area contributed by atoms with Crippen molar-refractivity contribution in [3.8, 4) is 0 Å². The van der Waals surface area contributed by atoms with E-state index in [1.807, 2.05) is 41.1 Å². The molecule has 1 amide bonds. The predicted molar refractivity (Wildman–Crippen MR) is 122 cm³/mol. The van der Waals surface area contributed by atoms with E-state index in [4.69, 9.17) is 16.3 Å². The van der Waals surface area contributed by atoms with E-state index in [0.29, 0.717) is 63.7 Å². The van der Waals surface area contributed by atoms with Gasteiger partial charge in [0.05, 0.1) is 17.6 Å². The first-order chi connectivity index (χ1) is 15.3. The predicted octanol–water partition coefficient (Wildman–Crippen LogP) is 3.62. The number of halogens is 2. The number of hydrogen-bond acceptors (Lipinski definition) is 4. The van der Waals surface area contributed by atoms with Crippen LogP contribution in [0.15, 0.2) is 48.5 Å². The first-order valence-corrected chi connectivity index (χ1v) is 11.5. The maximum atomic E-state index is 13.8. The second-order valence-electron chi connectivity index (χ2n) is 9.20. The van der Waals surface area contributed by atoms with E-state index in [-0.39, 0.29) is 11.7 Å². The third-order valence-corrected chi connectivity index (χ3v) is 6.95. The summed E-state index contributed by atoms with van der Waals surface area (Å²) in [6, 6.07) is 13.9. The van der Waals surface area contributed by atoms with Crippen LogP contribution < -0.4 is 0 Å². The summed E-state index contributed by atoms with van der Waals surface area (Å²) in [5.74, 6) is -0.206. The minimum atomic E-state index is -0.975. The van der Waals surface area contributed by atoms with Crippen LogP contribution in [0.5, 0.6) is 0 Å². The van der Waals surface area contributed by atoms with E-state index < -0.39 is 11.0 Å². The number of likely N-dealkylation sites (tertiary alicyclic amines) is 1. The van der Waals surface area contributed by atoms with Gasteiger partial charge in [0.2, 0.25) is 5.91 Å². The molecular formula is C25H30ClFN2O3. The lowest BCUT2D eigenvalue weighted by Crippen LogP contribution is -2.51. The molecule has 1 atom stereocenters. The maximum Gasteiger partial charge on any atom is 0.233 e. The van der Waals surface area contributed by atoms with Crippen LogP contribution >= 0.6 is 11.6 Å². The molecule has 0 aromatic heterocycles. The fourth-order valence-electron chi connectivity index (χ4n) is 5.04. The Hall–Kier alpha value is -1.99. The van der Waals surface area contributed by atoms with Crippen molar-refractivity contribution in [2.24, 2.45) is 0 Å². The number of benzene rings is 2. The summed E-state index contributed by atoms with van der Waals surface area (Å²) in [6.45, 7) is 2.93. The van der Waals surface area contributed by atoms with Crippen LogP contribution in [0.1, 0.15) is 30.4 Å². The molecule has 7 heteroatoms. The van der Waals surface area contributed by atoms with E-state index in [0.717, 1.165) is 11.1 Å². The lowest BCUT2D eigenvalue weighted by Gasteiger charge is -2.39. The van der Waals surface area contributed by atoms with Gasteiger partial charge in [0.15, 0.2) is 0 Å². The van der Waals surface area contributed by atoms with Gasteiger partial charge in [-0.3, -0.25) is 9.69 Å². The largest absolute Gasteiger partial charge is 0.387 e. The summed E-state index contributed by atoms with van der Waals surface area (Å²) >= 11 is 6.08. The zero-order valence-electron chi connectivity index (χ0n) is 18.4. The number of ether oxygens (including phenoxy) is 1. The first kappa shape index (κ1) is 23.2. The number of aliphatic hydroxyl groups is 1. The molecule has 2 fully saturated rings. The molecule has 4 rings (SSSR count). The summed E-state index contributed by atoms with van der Waals surface area (Å²) < 4.78 is 18.7. The molecular weight excluding hydrogens is 431 g/mol. The third kappa shape index (κ3) is 4.99. The Kier molecular flexibility index (Phi) is 6.86. The van der Waals surface area contributed by atoms with Crippen LogP contribution in [0.25, 0.3) is 0 Å². The third-order valence-electron chi connectivity index (χ3n) is 6.70. The van der Waals surface area contributed by atoms with Gasteiger partial charge in [0, 0.05) is 37.9 Å². The Balaban J connectivity index is 1.45. The Bertz CT molecular complexity index is 931. The van der Waals surface area contributed by atoms with Gasteiger partial charge in [-0.1, -0.05) is 35.9 Å². The van der Waals surface area contributed by atoms with Crippen molar-refractivity contribution >= 4 is 17.5 Å². The molecule has 0 spiro atoms. The molecule has 0 radical (unpaired) electrons. The molecule has 1 unspecified atom stereocenters. The van der Waals surface area contributed by atoms with E-state index in [2.05, 4.69) is 0 Å². The molecule has 0 saturated carbocycles. The molecule has 2 aromatic carbocycles. The number of hydrogen-bond donors (Lipinski definition) is 1. The molecule has 1 N–H and O–H groups in total. The van der Waals surface area contributed by atoms with Crippen molar-refractivity contribution < 1.29 is 19.0 Å². The van der Waals surface area contributed by atoms with Gasteiger partial charge < -0.3 is 14.7 Å². The quantitative estimate of drug-likeness (QED) is 0.715. The monoisotopic (exact) mass is 460 g/mol. The second kappa shape index (κ2) is 9.48. The van der Waals surface area contributed by atoms with Crippen molar-refractivity contribution in [2.75, 3.05) is 39.9 Å². The lowest BCUT2D eigenvalue weighted by molar-refractivity contribution is -0.141. The molecule has 172 valence electrons. The average Bonchev–Trinajstić information content (AvgIpc) is 3.17. The zero-order chi connectivity index (χ0) is 22.8. The van der Waals surface area contributed by atoms with Crippen LogP contribution in [-0.4, -0.2) is 66.3 Å². The van der Waals surface area contributed by atoms with E-state index in [1.165, 1.54) is 12.1 Å². The Morgan fingerprint density at radius 2 is 1.78 bits per heavy atom. The smallest absolute Gasteiger partial charge is 0.233 e. The average molecular weight is 461 g/mol. The Morgan fingerprint density at radius 1 is 1.12 bits per heavy atom. The van der Waals surface area contributed by atoms with Gasteiger partial charge in [-0.2, -0.15) is 0 Å². The highest BCUT2D eigenvalue weighted by molar-refractivity contribution is 6.30. The molecule has 2 heterocycles. The highest BCUT2D eigenvalue weighted by Gasteiger charge is 2.48. The van der Waals surface area contributed by atoms with Gasteiger partial charge >= 0.3 is 0 Å². The summed E-state index contributed by atoms with van der Waals surface area (Å²) in [4.78, 5) is 17.6. The number of nitrogens with zero attached hydrogens (tertiary/aromatic N) is 2. The number of carbonyl (C=O) groups is 1. The van der Waals surface area contributed by atoms with Crippen molar-refractivity contribution in [2.45, 2.75) is 36.8 Å². The standard InChI is InChI=1S/C25H30ClFN2O3/c1-28(16-19-2-8-22(27)9-3-19)17-24(31)10-13-29(18-24)23(30)25(11-14-32-15-12-25)20-4-6-21(26)7-5-20/h2-9,31H,10-18H2,1H3.